The van der Waals surface area contributed by atoms with E-state index >= 15 is 0 Å². The van der Waals surface area contributed by atoms with Crippen LogP contribution in [0, 0.1) is 0 Å². The van der Waals surface area contributed by atoms with Crippen LogP contribution < -0.4 is 11.1 Å². The van der Waals surface area contributed by atoms with Crippen LogP contribution in [0.25, 0.3) is 0 Å². The molecule has 1 saturated carbocycles. The lowest BCUT2D eigenvalue weighted by Gasteiger charge is -2.42. The average molecular weight is 399 g/mol. The molecule has 3 rings (SSSR count). The van der Waals surface area contributed by atoms with Crippen molar-refractivity contribution in [1.82, 2.24) is 10.2 Å². The van der Waals surface area contributed by atoms with E-state index in [9.17, 15) is 0 Å². The van der Waals surface area contributed by atoms with Gasteiger partial charge in [0.25, 0.3) is 0 Å². The summed E-state index contributed by atoms with van der Waals surface area (Å²) in [5.41, 5.74) is 7.21. The van der Waals surface area contributed by atoms with Gasteiger partial charge in [0.2, 0.25) is 0 Å². The first-order valence-electron chi connectivity index (χ1n) is 9.38. The Balaban J connectivity index is 1.47. The molecule has 0 amide bonds. The molecule has 2 fully saturated rings. The predicted octanol–water partition coefficient (Wildman–Crippen LogP) is 3.04. The van der Waals surface area contributed by atoms with Gasteiger partial charge in [-0.2, -0.15) is 0 Å². The van der Waals surface area contributed by atoms with Crippen LogP contribution in [0.4, 0.5) is 0 Å². The SMILES string of the molecule is NC(=NCC1(c2ccc(Cl)cc2Cl)CCC1)NCCCN1CCOCC1. The van der Waals surface area contributed by atoms with Gasteiger partial charge in [0.1, 0.15) is 0 Å². The minimum absolute atomic E-state index is 0.00176. The lowest BCUT2D eigenvalue weighted by atomic mass is 9.64. The fraction of sp³-hybridized carbons (Fsp3) is 0.632. The number of guanidine groups is 1. The van der Waals surface area contributed by atoms with Crippen molar-refractivity contribution in [2.24, 2.45) is 10.7 Å². The second kappa shape index (κ2) is 9.27. The van der Waals surface area contributed by atoms with Crippen molar-refractivity contribution in [3.8, 4) is 0 Å². The third-order valence-electron chi connectivity index (χ3n) is 5.43. The monoisotopic (exact) mass is 398 g/mol. The van der Waals surface area contributed by atoms with E-state index in [-0.39, 0.29) is 5.41 Å². The lowest BCUT2D eigenvalue weighted by Crippen LogP contribution is -2.41. The third-order valence-corrected chi connectivity index (χ3v) is 5.97. The van der Waals surface area contributed by atoms with Gasteiger partial charge in [-0.25, -0.2) is 0 Å². The molecule has 26 heavy (non-hydrogen) atoms. The Bertz CT molecular complexity index is 628. The van der Waals surface area contributed by atoms with Gasteiger partial charge in [-0.3, -0.25) is 9.89 Å². The normalized spacial score (nSPS) is 20.6. The molecular formula is C19H28Cl2N4O. The molecule has 1 saturated heterocycles. The van der Waals surface area contributed by atoms with Crippen LogP contribution in [0.1, 0.15) is 31.2 Å². The summed E-state index contributed by atoms with van der Waals surface area (Å²) in [6.07, 6.45) is 4.41. The molecular weight excluding hydrogens is 371 g/mol. The van der Waals surface area contributed by atoms with Gasteiger partial charge in [-0.05, 0) is 43.5 Å². The number of nitrogens with zero attached hydrogens (tertiary/aromatic N) is 2. The summed E-state index contributed by atoms with van der Waals surface area (Å²) in [6, 6.07) is 5.75. The van der Waals surface area contributed by atoms with Crippen molar-refractivity contribution in [3.05, 3.63) is 33.8 Å². The summed E-state index contributed by atoms with van der Waals surface area (Å²) in [5.74, 6) is 0.517. The number of benzene rings is 1. The average Bonchev–Trinajstić information content (AvgIpc) is 2.60. The zero-order valence-corrected chi connectivity index (χ0v) is 16.7. The van der Waals surface area contributed by atoms with Gasteiger partial charge >= 0.3 is 0 Å². The summed E-state index contributed by atoms with van der Waals surface area (Å²) in [4.78, 5) is 7.02. The van der Waals surface area contributed by atoms with Gasteiger partial charge < -0.3 is 15.8 Å². The van der Waals surface area contributed by atoms with Gasteiger partial charge in [-0.15, -0.1) is 0 Å². The molecule has 1 aromatic rings. The number of halogens is 2. The number of nitrogens with one attached hydrogen (secondary N) is 1. The van der Waals surface area contributed by atoms with E-state index in [4.69, 9.17) is 33.7 Å². The number of nitrogens with two attached hydrogens (primary N) is 1. The highest BCUT2D eigenvalue weighted by Gasteiger charge is 2.40. The van der Waals surface area contributed by atoms with Gasteiger partial charge in [-0.1, -0.05) is 35.7 Å². The Morgan fingerprint density at radius 1 is 1.27 bits per heavy atom. The first-order valence-corrected chi connectivity index (χ1v) is 10.1. The van der Waals surface area contributed by atoms with Crippen LogP contribution in [-0.4, -0.2) is 56.8 Å². The molecule has 1 aromatic carbocycles. The van der Waals surface area contributed by atoms with Crippen molar-refractivity contribution >= 4 is 29.2 Å². The fourth-order valence-electron chi connectivity index (χ4n) is 3.67. The summed E-state index contributed by atoms with van der Waals surface area (Å²) in [7, 11) is 0. The topological polar surface area (TPSA) is 62.9 Å². The van der Waals surface area contributed by atoms with E-state index in [1.807, 2.05) is 18.2 Å². The van der Waals surface area contributed by atoms with Crippen molar-refractivity contribution in [1.29, 1.82) is 0 Å². The maximum Gasteiger partial charge on any atom is 0.188 e. The molecule has 1 aliphatic heterocycles. The van der Waals surface area contributed by atoms with E-state index in [0.29, 0.717) is 17.5 Å². The smallest absolute Gasteiger partial charge is 0.188 e. The van der Waals surface area contributed by atoms with Crippen LogP contribution in [-0.2, 0) is 10.2 Å². The number of hydrogen-bond acceptors (Lipinski definition) is 3. The highest BCUT2D eigenvalue weighted by atomic mass is 35.5. The molecule has 5 nitrogen and oxygen atoms in total. The fourth-order valence-corrected chi connectivity index (χ4v) is 4.28. The standard InChI is InChI=1S/C19H28Cl2N4O/c20-15-3-4-16(17(21)13-15)19(5-1-6-19)14-24-18(22)23-7-2-8-25-9-11-26-12-10-25/h3-4,13H,1-2,5-12,14H2,(H3,22,23,24). The van der Waals surface area contributed by atoms with Crippen LogP contribution in [0.5, 0.6) is 0 Å². The molecule has 0 atom stereocenters. The molecule has 0 unspecified atom stereocenters. The van der Waals surface area contributed by atoms with Crippen molar-refractivity contribution in [3.63, 3.8) is 0 Å². The molecule has 0 spiro atoms. The molecule has 0 radical (unpaired) electrons. The zero-order chi connectivity index (χ0) is 18.4. The van der Waals surface area contributed by atoms with E-state index in [2.05, 4.69) is 15.2 Å². The first kappa shape index (κ1) is 19.7. The van der Waals surface area contributed by atoms with Gasteiger partial charge in [0.15, 0.2) is 5.96 Å². The minimum Gasteiger partial charge on any atom is -0.379 e. The molecule has 0 bridgehead atoms. The van der Waals surface area contributed by atoms with E-state index in [0.717, 1.165) is 69.2 Å². The first-order chi connectivity index (χ1) is 12.6. The quantitative estimate of drug-likeness (QED) is 0.420. The Morgan fingerprint density at radius 3 is 2.69 bits per heavy atom. The number of hydrogen-bond donors (Lipinski definition) is 2. The van der Waals surface area contributed by atoms with Crippen LogP contribution in [0.2, 0.25) is 10.0 Å². The van der Waals surface area contributed by atoms with Crippen molar-refractivity contribution in [2.45, 2.75) is 31.1 Å². The van der Waals surface area contributed by atoms with E-state index < -0.39 is 0 Å². The molecule has 7 heteroatoms. The number of morpholine rings is 1. The van der Waals surface area contributed by atoms with Crippen molar-refractivity contribution in [2.75, 3.05) is 45.9 Å². The Kier molecular flexibility index (Phi) is 7.04. The number of rotatable bonds is 7. The van der Waals surface area contributed by atoms with E-state index in [1.54, 1.807) is 0 Å². The number of aliphatic imine (C=N–C) groups is 1. The highest BCUT2D eigenvalue weighted by Crippen LogP contribution is 2.46. The van der Waals surface area contributed by atoms with E-state index in [1.165, 1.54) is 6.42 Å². The van der Waals surface area contributed by atoms with Crippen molar-refractivity contribution < 1.29 is 4.74 Å². The molecule has 2 aliphatic rings. The van der Waals surface area contributed by atoms with Gasteiger partial charge in [0, 0.05) is 35.1 Å². The van der Waals surface area contributed by atoms with Gasteiger partial charge in [0.05, 0.1) is 19.8 Å². The molecule has 0 aromatic heterocycles. The second-order valence-corrected chi connectivity index (χ2v) is 8.04. The molecule has 1 heterocycles. The van der Waals surface area contributed by atoms with Crippen LogP contribution in [0.15, 0.2) is 23.2 Å². The molecule has 3 N–H and O–H groups in total. The minimum atomic E-state index is 0.00176. The largest absolute Gasteiger partial charge is 0.379 e. The lowest BCUT2D eigenvalue weighted by molar-refractivity contribution is 0.0376. The summed E-state index contributed by atoms with van der Waals surface area (Å²) >= 11 is 12.5. The third kappa shape index (κ3) is 5.03. The molecule has 144 valence electrons. The summed E-state index contributed by atoms with van der Waals surface area (Å²) in [6.45, 7) is 6.28. The zero-order valence-electron chi connectivity index (χ0n) is 15.1. The number of ether oxygens (including phenoxy) is 1. The Labute approximate surface area is 165 Å². The molecule has 1 aliphatic carbocycles. The van der Waals surface area contributed by atoms with Crippen LogP contribution in [0.3, 0.4) is 0 Å². The predicted molar refractivity (Wildman–Crippen MR) is 108 cm³/mol. The Morgan fingerprint density at radius 2 is 2.04 bits per heavy atom. The maximum atomic E-state index is 6.42. The van der Waals surface area contributed by atoms with Crippen LogP contribution >= 0.6 is 23.2 Å². The maximum absolute atomic E-state index is 6.42. The summed E-state index contributed by atoms with van der Waals surface area (Å²) in [5, 5.41) is 4.63. The second-order valence-electron chi connectivity index (χ2n) is 7.19. The summed E-state index contributed by atoms with van der Waals surface area (Å²) < 4.78 is 5.36. The Hall–Kier alpha value is -1.01. The highest BCUT2D eigenvalue weighted by molar-refractivity contribution is 6.35.